The zero-order valence-electron chi connectivity index (χ0n) is 15.4. The molecule has 0 aromatic heterocycles. The molecule has 2 aromatic carbocycles. The smallest absolute Gasteiger partial charge is 0.240 e. The zero-order chi connectivity index (χ0) is 19.9. The summed E-state index contributed by atoms with van der Waals surface area (Å²) >= 11 is 5.75. The Kier molecular flexibility index (Phi) is 7.79. The molecule has 0 saturated carbocycles. The predicted octanol–water partition coefficient (Wildman–Crippen LogP) is 2.39. The van der Waals surface area contributed by atoms with Crippen LogP contribution in [0.3, 0.4) is 0 Å². The van der Waals surface area contributed by atoms with E-state index in [2.05, 4.69) is 14.9 Å². The molecule has 0 aliphatic rings. The van der Waals surface area contributed by atoms with Crippen LogP contribution in [0.5, 0.6) is 0 Å². The van der Waals surface area contributed by atoms with Crippen molar-refractivity contribution in [2.24, 2.45) is 0 Å². The molecule has 0 unspecified atom stereocenters. The van der Waals surface area contributed by atoms with Crippen LogP contribution in [0.1, 0.15) is 17.5 Å². The molecule has 0 aliphatic carbocycles. The molecule has 0 bridgehead atoms. The Labute approximate surface area is 165 Å². The molecule has 146 valence electrons. The van der Waals surface area contributed by atoms with Gasteiger partial charge in [-0.2, -0.15) is 0 Å². The molecular formula is C19H24ClN3O3S. The highest BCUT2D eigenvalue weighted by molar-refractivity contribution is 7.89. The largest absolute Gasteiger partial charge is 0.352 e. The highest BCUT2D eigenvalue weighted by Crippen LogP contribution is 2.13. The molecule has 2 rings (SSSR count). The summed E-state index contributed by atoms with van der Waals surface area (Å²) in [4.78, 5) is 14.1. The maximum atomic E-state index is 12.1. The SMILES string of the molecule is CN(C)Cc1ccc(CNC(=O)CCNS(=O)(=O)c2ccc(Cl)cc2)cc1. The summed E-state index contributed by atoms with van der Waals surface area (Å²) in [6, 6.07) is 13.9. The fourth-order valence-electron chi connectivity index (χ4n) is 2.41. The molecular weight excluding hydrogens is 386 g/mol. The molecule has 0 fully saturated rings. The van der Waals surface area contributed by atoms with E-state index in [9.17, 15) is 13.2 Å². The summed E-state index contributed by atoms with van der Waals surface area (Å²) in [6.07, 6.45) is 0.0610. The molecule has 8 heteroatoms. The number of carbonyl (C=O) groups excluding carboxylic acids is 1. The van der Waals surface area contributed by atoms with E-state index in [1.807, 2.05) is 38.4 Å². The minimum atomic E-state index is -3.65. The lowest BCUT2D eigenvalue weighted by Gasteiger charge is -2.11. The van der Waals surface area contributed by atoms with Crippen LogP contribution in [0.4, 0.5) is 0 Å². The van der Waals surface area contributed by atoms with Crippen LogP contribution in [-0.4, -0.2) is 39.9 Å². The van der Waals surface area contributed by atoms with Crippen LogP contribution in [0, 0.1) is 0 Å². The summed E-state index contributed by atoms with van der Waals surface area (Å²) in [5.41, 5.74) is 2.19. The van der Waals surface area contributed by atoms with Crippen molar-refractivity contribution >= 4 is 27.5 Å². The van der Waals surface area contributed by atoms with Crippen molar-refractivity contribution in [1.29, 1.82) is 0 Å². The molecule has 0 radical (unpaired) electrons. The van der Waals surface area contributed by atoms with Gasteiger partial charge in [0.2, 0.25) is 15.9 Å². The van der Waals surface area contributed by atoms with Gasteiger partial charge in [0.05, 0.1) is 4.90 Å². The van der Waals surface area contributed by atoms with Crippen molar-refractivity contribution in [2.45, 2.75) is 24.4 Å². The average molecular weight is 410 g/mol. The van der Waals surface area contributed by atoms with Crippen LogP contribution in [-0.2, 0) is 27.9 Å². The van der Waals surface area contributed by atoms with E-state index in [0.717, 1.165) is 12.1 Å². The van der Waals surface area contributed by atoms with Crippen LogP contribution in [0.25, 0.3) is 0 Å². The van der Waals surface area contributed by atoms with Crippen molar-refractivity contribution in [3.63, 3.8) is 0 Å². The van der Waals surface area contributed by atoms with E-state index in [4.69, 9.17) is 11.6 Å². The maximum absolute atomic E-state index is 12.1. The van der Waals surface area contributed by atoms with Gasteiger partial charge in [-0.25, -0.2) is 13.1 Å². The first-order valence-electron chi connectivity index (χ1n) is 8.51. The fourth-order valence-corrected chi connectivity index (χ4v) is 3.57. The van der Waals surface area contributed by atoms with Gasteiger partial charge in [0.1, 0.15) is 0 Å². The molecule has 27 heavy (non-hydrogen) atoms. The minimum Gasteiger partial charge on any atom is -0.352 e. The van der Waals surface area contributed by atoms with Gasteiger partial charge < -0.3 is 10.2 Å². The van der Waals surface area contributed by atoms with Crippen LogP contribution >= 0.6 is 11.6 Å². The lowest BCUT2D eigenvalue weighted by atomic mass is 10.1. The number of benzene rings is 2. The number of rotatable bonds is 9. The van der Waals surface area contributed by atoms with E-state index >= 15 is 0 Å². The standard InChI is InChI=1S/C19H24ClN3O3S/c1-23(2)14-16-5-3-15(4-6-16)13-21-19(24)11-12-22-27(25,26)18-9-7-17(20)8-10-18/h3-10,22H,11-14H2,1-2H3,(H,21,24). The Balaban J connectivity index is 1.75. The predicted molar refractivity (Wildman–Crippen MR) is 107 cm³/mol. The van der Waals surface area contributed by atoms with Gasteiger partial charge in [0.25, 0.3) is 0 Å². The zero-order valence-corrected chi connectivity index (χ0v) is 17.0. The van der Waals surface area contributed by atoms with E-state index in [1.54, 1.807) is 0 Å². The third kappa shape index (κ3) is 7.30. The summed E-state index contributed by atoms with van der Waals surface area (Å²) in [7, 11) is 0.371. The van der Waals surface area contributed by atoms with Gasteiger partial charge in [0, 0.05) is 31.1 Å². The van der Waals surface area contributed by atoms with Crippen molar-refractivity contribution in [2.75, 3.05) is 20.6 Å². The van der Waals surface area contributed by atoms with Crippen molar-refractivity contribution in [3.05, 3.63) is 64.7 Å². The van der Waals surface area contributed by atoms with E-state index in [1.165, 1.54) is 29.8 Å². The van der Waals surface area contributed by atoms with Crippen molar-refractivity contribution in [1.82, 2.24) is 14.9 Å². The number of halogens is 1. The molecule has 1 amide bonds. The minimum absolute atomic E-state index is 0.0264. The summed E-state index contributed by atoms with van der Waals surface area (Å²) in [6.45, 7) is 1.30. The Morgan fingerprint density at radius 1 is 1.00 bits per heavy atom. The number of hydrogen-bond acceptors (Lipinski definition) is 4. The number of hydrogen-bond donors (Lipinski definition) is 2. The molecule has 2 N–H and O–H groups in total. The lowest BCUT2D eigenvalue weighted by molar-refractivity contribution is -0.121. The second-order valence-corrected chi connectivity index (χ2v) is 8.64. The van der Waals surface area contributed by atoms with Gasteiger partial charge in [-0.1, -0.05) is 35.9 Å². The molecule has 6 nitrogen and oxygen atoms in total. The number of nitrogens with zero attached hydrogens (tertiary/aromatic N) is 1. The number of amides is 1. The first-order valence-corrected chi connectivity index (χ1v) is 10.4. The average Bonchev–Trinajstić information content (AvgIpc) is 2.61. The quantitative estimate of drug-likeness (QED) is 0.666. The molecule has 0 heterocycles. The normalized spacial score (nSPS) is 11.6. The van der Waals surface area contributed by atoms with Gasteiger partial charge in [-0.3, -0.25) is 4.79 Å². The maximum Gasteiger partial charge on any atom is 0.240 e. The number of carbonyl (C=O) groups is 1. The van der Waals surface area contributed by atoms with Gasteiger partial charge >= 0.3 is 0 Å². The summed E-state index contributed by atoms with van der Waals surface area (Å²) < 4.78 is 26.7. The van der Waals surface area contributed by atoms with Crippen LogP contribution in [0.15, 0.2) is 53.4 Å². The first-order chi connectivity index (χ1) is 12.8. The molecule has 2 aromatic rings. The third-order valence-electron chi connectivity index (χ3n) is 3.78. The van der Waals surface area contributed by atoms with Gasteiger partial charge in [0.15, 0.2) is 0 Å². The Bertz CT molecular complexity index is 851. The highest BCUT2D eigenvalue weighted by Gasteiger charge is 2.13. The lowest BCUT2D eigenvalue weighted by Crippen LogP contribution is -2.30. The Morgan fingerprint density at radius 2 is 1.59 bits per heavy atom. The third-order valence-corrected chi connectivity index (χ3v) is 5.51. The second-order valence-electron chi connectivity index (χ2n) is 6.43. The molecule has 0 atom stereocenters. The van der Waals surface area contributed by atoms with Crippen LogP contribution in [0.2, 0.25) is 5.02 Å². The topological polar surface area (TPSA) is 78.5 Å². The van der Waals surface area contributed by atoms with E-state index in [-0.39, 0.29) is 23.8 Å². The summed E-state index contributed by atoms with van der Waals surface area (Å²) in [5, 5.41) is 3.25. The number of nitrogens with one attached hydrogen (secondary N) is 2. The first kappa shape index (κ1) is 21.4. The van der Waals surface area contributed by atoms with Gasteiger partial charge in [-0.05, 0) is 49.5 Å². The van der Waals surface area contributed by atoms with E-state index < -0.39 is 10.0 Å². The van der Waals surface area contributed by atoms with Crippen molar-refractivity contribution in [3.8, 4) is 0 Å². The summed E-state index contributed by atoms with van der Waals surface area (Å²) in [5.74, 6) is -0.217. The van der Waals surface area contributed by atoms with E-state index in [0.29, 0.717) is 11.6 Å². The molecule has 0 aliphatic heterocycles. The Morgan fingerprint density at radius 3 is 2.19 bits per heavy atom. The monoisotopic (exact) mass is 409 g/mol. The fraction of sp³-hybridized carbons (Fsp3) is 0.316. The molecule has 0 spiro atoms. The Hall–Kier alpha value is -1.93. The highest BCUT2D eigenvalue weighted by atomic mass is 35.5. The van der Waals surface area contributed by atoms with Crippen LogP contribution < -0.4 is 10.0 Å². The van der Waals surface area contributed by atoms with Gasteiger partial charge in [-0.15, -0.1) is 0 Å². The second kappa shape index (κ2) is 9.85. The van der Waals surface area contributed by atoms with Crippen molar-refractivity contribution < 1.29 is 13.2 Å². The number of sulfonamides is 1. The molecule has 0 saturated heterocycles.